The summed E-state index contributed by atoms with van der Waals surface area (Å²) in [5, 5.41) is 2.94. The topological polar surface area (TPSA) is 55.1 Å². The van der Waals surface area contributed by atoms with Crippen LogP contribution in [0.3, 0.4) is 0 Å². The number of carbonyl (C=O) groups excluding carboxylic acids is 1. The number of halogens is 1. The fraction of sp³-hybridized carbons (Fsp3) is 0.385. The maximum absolute atomic E-state index is 12.2. The van der Waals surface area contributed by atoms with Crippen molar-refractivity contribution < 1.29 is 4.79 Å². The van der Waals surface area contributed by atoms with Gasteiger partial charge in [-0.15, -0.1) is 0 Å². The van der Waals surface area contributed by atoms with Gasteiger partial charge in [0.2, 0.25) is 5.91 Å². The Morgan fingerprint density at radius 2 is 2.06 bits per heavy atom. The number of nitrogens with one attached hydrogen (secondary N) is 1. The number of nitrogens with two attached hydrogens (primary N) is 1. The molecule has 0 unspecified atom stereocenters. The third kappa shape index (κ3) is 2.29. The molecular weight excluding hydrogens is 312 g/mol. The van der Waals surface area contributed by atoms with Crippen LogP contribution in [-0.2, 0) is 4.79 Å². The Morgan fingerprint density at radius 1 is 1.44 bits per heavy atom. The highest BCUT2D eigenvalue weighted by Gasteiger charge is 2.52. The molecule has 1 aliphatic carbocycles. The minimum absolute atomic E-state index is 0.0948. The molecular formula is C13H15BrN2OS. The van der Waals surface area contributed by atoms with Gasteiger partial charge >= 0.3 is 0 Å². The SMILES string of the molecule is Cc1cc(C)c(NC(=O)C2(C(N)=S)CC2)c(Br)c1. The Labute approximate surface area is 120 Å². The number of amides is 1. The van der Waals surface area contributed by atoms with E-state index in [1.165, 1.54) is 0 Å². The van der Waals surface area contributed by atoms with E-state index in [1.807, 2.05) is 26.0 Å². The molecule has 0 atom stereocenters. The summed E-state index contributed by atoms with van der Waals surface area (Å²) in [4.78, 5) is 12.5. The van der Waals surface area contributed by atoms with Gasteiger partial charge in [0, 0.05) is 4.47 Å². The van der Waals surface area contributed by atoms with Crippen LogP contribution in [0.5, 0.6) is 0 Å². The van der Waals surface area contributed by atoms with Crippen molar-refractivity contribution in [2.45, 2.75) is 26.7 Å². The van der Waals surface area contributed by atoms with Gasteiger partial charge in [0.25, 0.3) is 0 Å². The summed E-state index contributed by atoms with van der Waals surface area (Å²) in [5.74, 6) is -0.0948. The molecule has 96 valence electrons. The van der Waals surface area contributed by atoms with Gasteiger partial charge in [0.05, 0.1) is 16.1 Å². The molecule has 0 bridgehead atoms. The molecule has 3 nitrogen and oxygen atoms in total. The van der Waals surface area contributed by atoms with Crippen molar-refractivity contribution in [2.75, 3.05) is 5.32 Å². The Bertz CT molecular complexity index is 515. The first-order valence-electron chi connectivity index (χ1n) is 5.75. The molecule has 3 N–H and O–H groups in total. The lowest BCUT2D eigenvalue weighted by Gasteiger charge is -2.16. The van der Waals surface area contributed by atoms with Gasteiger partial charge in [-0.2, -0.15) is 0 Å². The molecule has 0 saturated heterocycles. The number of rotatable bonds is 3. The number of hydrogen-bond acceptors (Lipinski definition) is 2. The summed E-state index contributed by atoms with van der Waals surface area (Å²) < 4.78 is 0.882. The largest absolute Gasteiger partial charge is 0.392 e. The molecule has 0 aromatic heterocycles. The fourth-order valence-corrected chi connectivity index (χ4v) is 3.09. The first-order valence-corrected chi connectivity index (χ1v) is 6.95. The van der Waals surface area contributed by atoms with Crippen molar-refractivity contribution in [3.63, 3.8) is 0 Å². The van der Waals surface area contributed by atoms with Crippen molar-refractivity contribution >= 4 is 44.7 Å². The zero-order chi connectivity index (χ0) is 13.5. The molecule has 1 aromatic rings. The van der Waals surface area contributed by atoms with E-state index in [4.69, 9.17) is 18.0 Å². The van der Waals surface area contributed by atoms with Crippen LogP contribution in [0.2, 0.25) is 0 Å². The second-order valence-electron chi connectivity index (χ2n) is 4.84. The highest BCUT2D eigenvalue weighted by Crippen LogP contribution is 2.47. The van der Waals surface area contributed by atoms with Crippen molar-refractivity contribution in [3.05, 3.63) is 27.7 Å². The molecule has 1 amide bonds. The maximum Gasteiger partial charge on any atom is 0.237 e. The van der Waals surface area contributed by atoms with Gasteiger partial charge in [-0.3, -0.25) is 4.79 Å². The van der Waals surface area contributed by atoms with Crippen LogP contribution in [0.25, 0.3) is 0 Å². The lowest BCUT2D eigenvalue weighted by molar-refractivity contribution is -0.118. The highest BCUT2D eigenvalue weighted by molar-refractivity contribution is 9.10. The van der Waals surface area contributed by atoms with Crippen molar-refractivity contribution in [2.24, 2.45) is 11.1 Å². The molecule has 1 aliphatic rings. The summed E-state index contributed by atoms with van der Waals surface area (Å²) in [7, 11) is 0. The standard InChI is InChI=1S/C13H15BrN2OS/c1-7-5-8(2)10(9(14)6-7)16-12(17)13(3-4-13)11(15)18/h5-6H,3-4H2,1-2H3,(H2,15,18)(H,16,17). The summed E-state index contributed by atoms with van der Waals surface area (Å²) in [5.41, 5.74) is 7.99. The summed E-state index contributed by atoms with van der Waals surface area (Å²) in [6, 6.07) is 4.00. The van der Waals surface area contributed by atoms with Crippen LogP contribution in [0.4, 0.5) is 5.69 Å². The van der Waals surface area contributed by atoms with E-state index in [9.17, 15) is 4.79 Å². The Balaban J connectivity index is 2.26. The van der Waals surface area contributed by atoms with E-state index >= 15 is 0 Å². The second kappa shape index (κ2) is 4.63. The predicted molar refractivity (Wildman–Crippen MR) is 80.7 cm³/mol. The van der Waals surface area contributed by atoms with Gasteiger partial charge in [0.15, 0.2) is 0 Å². The molecule has 1 saturated carbocycles. The van der Waals surface area contributed by atoms with Gasteiger partial charge in [0.1, 0.15) is 0 Å². The third-order valence-corrected chi connectivity index (χ3v) is 4.34. The lowest BCUT2D eigenvalue weighted by atomic mass is 10.1. The number of benzene rings is 1. The average Bonchev–Trinajstić information content (AvgIpc) is 3.03. The van der Waals surface area contributed by atoms with Gasteiger partial charge in [-0.1, -0.05) is 18.3 Å². The van der Waals surface area contributed by atoms with E-state index in [2.05, 4.69) is 21.2 Å². The zero-order valence-electron chi connectivity index (χ0n) is 10.3. The third-order valence-electron chi connectivity index (χ3n) is 3.33. The maximum atomic E-state index is 12.2. The molecule has 5 heteroatoms. The van der Waals surface area contributed by atoms with E-state index in [1.54, 1.807) is 0 Å². The number of anilines is 1. The molecule has 0 aliphatic heterocycles. The van der Waals surface area contributed by atoms with Crippen molar-refractivity contribution in [1.29, 1.82) is 0 Å². The van der Waals surface area contributed by atoms with E-state index < -0.39 is 5.41 Å². The lowest BCUT2D eigenvalue weighted by Crippen LogP contribution is -2.35. The normalized spacial score (nSPS) is 16.2. The molecule has 0 spiro atoms. The monoisotopic (exact) mass is 326 g/mol. The number of aryl methyl sites for hydroxylation is 2. The highest BCUT2D eigenvalue weighted by atomic mass is 79.9. The van der Waals surface area contributed by atoms with Crippen LogP contribution in [-0.4, -0.2) is 10.9 Å². The zero-order valence-corrected chi connectivity index (χ0v) is 12.7. The first kappa shape index (κ1) is 13.5. The van der Waals surface area contributed by atoms with Crippen LogP contribution in [0, 0.1) is 19.3 Å². The summed E-state index contributed by atoms with van der Waals surface area (Å²) in [6.45, 7) is 3.98. The molecule has 1 aromatic carbocycles. The first-order chi connectivity index (χ1) is 8.36. The molecule has 18 heavy (non-hydrogen) atoms. The molecule has 2 rings (SSSR count). The van der Waals surface area contributed by atoms with Crippen LogP contribution >= 0.6 is 28.1 Å². The predicted octanol–water partition coefficient (Wildman–Crippen LogP) is 3.07. The fourth-order valence-electron chi connectivity index (χ4n) is 2.02. The van der Waals surface area contributed by atoms with E-state index in [-0.39, 0.29) is 5.91 Å². The Kier molecular flexibility index (Phi) is 3.47. The van der Waals surface area contributed by atoms with E-state index in [0.29, 0.717) is 4.99 Å². The average molecular weight is 327 g/mol. The number of carbonyl (C=O) groups is 1. The van der Waals surface area contributed by atoms with Crippen LogP contribution < -0.4 is 11.1 Å². The smallest absolute Gasteiger partial charge is 0.237 e. The van der Waals surface area contributed by atoms with E-state index in [0.717, 1.165) is 34.1 Å². The van der Waals surface area contributed by atoms with Gasteiger partial charge in [-0.25, -0.2) is 0 Å². The Morgan fingerprint density at radius 3 is 2.50 bits per heavy atom. The molecule has 0 radical (unpaired) electrons. The number of hydrogen-bond donors (Lipinski definition) is 2. The molecule has 0 heterocycles. The van der Waals surface area contributed by atoms with Gasteiger partial charge in [-0.05, 0) is 59.8 Å². The van der Waals surface area contributed by atoms with Crippen LogP contribution in [0.15, 0.2) is 16.6 Å². The quantitative estimate of drug-likeness (QED) is 0.839. The van der Waals surface area contributed by atoms with Crippen molar-refractivity contribution in [1.82, 2.24) is 0 Å². The van der Waals surface area contributed by atoms with Gasteiger partial charge < -0.3 is 11.1 Å². The minimum Gasteiger partial charge on any atom is -0.392 e. The number of thiocarbonyl (C=S) groups is 1. The Hall–Kier alpha value is -0.940. The minimum atomic E-state index is -0.619. The summed E-state index contributed by atoms with van der Waals surface area (Å²) in [6.07, 6.45) is 1.49. The van der Waals surface area contributed by atoms with Crippen LogP contribution in [0.1, 0.15) is 24.0 Å². The van der Waals surface area contributed by atoms with Crippen molar-refractivity contribution in [3.8, 4) is 0 Å². The summed E-state index contributed by atoms with van der Waals surface area (Å²) >= 11 is 8.45. The molecule has 1 fully saturated rings. The second-order valence-corrected chi connectivity index (χ2v) is 6.13.